The fourth-order valence-electron chi connectivity index (χ4n) is 2.34. The van der Waals surface area contributed by atoms with Crippen molar-refractivity contribution >= 4 is 12.0 Å². The van der Waals surface area contributed by atoms with Crippen molar-refractivity contribution in [2.45, 2.75) is 26.2 Å². The number of piperidine rings is 1. The molecule has 0 saturated carbocycles. The number of carboxylic acid groups (broad SMARTS) is 1. The van der Waals surface area contributed by atoms with Gasteiger partial charge < -0.3 is 15.3 Å². The van der Waals surface area contributed by atoms with Crippen molar-refractivity contribution in [2.75, 3.05) is 19.6 Å². The molecule has 5 nitrogen and oxygen atoms in total. The lowest BCUT2D eigenvalue weighted by Gasteiger charge is -2.35. The lowest BCUT2D eigenvalue weighted by molar-refractivity contribution is -0.138. The highest BCUT2D eigenvalue weighted by molar-refractivity contribution is 5.74. The van der Waals surface area contributed by atoms with E-state index in [0.717, 1.165) is 12.8 Å². The lowest BCUT2D eigenvalue weighted by atomic mass is 9.85. The first-order valence-electron chi connectivity index (χ1n) is 6.22. The zero-order valence-electron chi connectivity index (χ0n) is 10.7. The molecular formula is C13H20N2O3. The topological polar surface area (TPSA) is 69.6 Å². The van der Waals surface area contributed by atoms with Crippen LogP contribution in [0.3, 0.4) is 0 Å². The van der Waals surface area contributed by atoms with Crippen LogP contribution in [0, 0.1) is 24.2 Å². The van der Waals surface area contributed by atoms with Gasteiger partial charge in [-0.3, -0.25) is 4.79 Å². The molecule has 0 radical (unpaired) electrons. The SMILES string of the molecule is C#CCNC(=O)N1CCCC(C(C)CC(=O)O)C1. The number of urea groups is 1. The van der Waals surface area contributed by atoms with Crippen LogP contribution in [-0.2, 0) is 4.79 Å². The molecule has 0 aromatic carbocycles. The molecule has 0 spiro atoms. The van der Waals surface area contributed by atoms with E-state index in [1.165, 1.54) is 0 Å². The Morgan fingerprint density at radius 2 is 2.33 bits per heavy atom. The Hall–Kier alpha value is -1.70. The number of nitrogens with zero attached hydrogens (tertiary/aromatic N) is 1. The van der Waals surface area contributed by atoms with E-state index >= 15 is 0 Å². The van der Waals surface area contributed by atoms with Crippen molar-refractivity contribution in [3.63, 3.8) is 0 Å². The predicted molar refractivity (Wildman–Crippen MR) is 67.9 cm³/mol. The van der Waals surface area contributed by atoms with Gasteiger partial charge in [0, 0.05) is 19.5 Å². The van der Waals surface area contributed by atoms with E-state index in [0.29, 0.717) is 13.1 Å². The molecule has 1 fully saturated rings. The number of aliphatic carboxylic acids is 1. The number of hydrogen-bond donors (Lipinski definition) is 2. The minimum Gasteiger partial charge on any atom is -0.481 e. The molecule has 5 heteroatoms. The second kappa shape index (κ2) is 6.90. The number of nitrogens with one attached hydrogen (secondary N) is 1. The van der Waals surface area contributed by atoms with Gasteiger partial charge in [0.25, 0.3) is 0 Å². The van der Waals surface area contributed by atoms with E-state index in [9.17, 15) is 9.59 Å². The maximum atomic E-state index is 11.8. The minimum atomic E-state index is -0.781. The van der Waals surface area contributed by atoms with Gasteiger partial charge in [-0.1, -0.05) is 12.8 Å². The van der Waals surface area contributed by atoms with Gasteiger partial charge in [0.1, 0.15) is 0 Å². The third-order valence-electron chi connectivity index (χ3n) is 3.39. The average Bonchev–Trinajstić information content (AvgIpc) is 2.35. The largest absolute Gasteiger partial charge is 0.481 e. The van der Waals surface area contributed by atoms with Crippen LogP contribution in [0.2, 0.25) is 0 Å². The second-order valence-electron chi connectivity index (χ2n) is 4.79. The smallest absolute Gasteiger partial charge is 0.318 e. The van der Waals surface area contributed by atoms with Crippen molar-refractivity contribution in [3.8, 4) is 12.3 Å². The van der Waals surface area contributed by atoms with E-state index in [1.807, 2.05) is 6.92 Å². The van der Waals surface area contributed by atoms with Gasteiger partial charge in [0.05, 0.1) is 6.54 Å². The van der Waals surface area contributed by atoms with Crippen LogP contribution in [-0.4, -0.2) is 41.6 Å². The Labute approximate surface area is 108 Å². The van der Waals surface area contributed by atoms with Gasteiger partial charge >= 0.3 is 12.0 Å². The van der Waals surface area contributed by atoms with Crippen LogP contribution in [0.1, 0.15) is 26.2 Å². The first-order chi connectivity index (χ1) is 8.54. The summed E-state index contributed by atoms with van der Waals surface area (Å²) in [4.78, 5) is 24.2. The third kappa shape index (κ3) is 4.28. The fourth-order valence-corrected chi connectivity index (χ4v) is 2.34. The number of carbonyl (C=O) groups excluding carboxylic acids is 1. The molecule has 2 N–H and O–H groups in total. The molecule has 18 heavy (non-hydrogen) atoms. The number of carbonyl (C=O) groups is 2. The minimum absolute atomic E-state index is 0.0886. The van der Waals surface area contributed by atoms with E-state index < -0.39 is 5.97 Å². The van der Waals surface area contributed by atoms with Gasteiger partial charge in [0.2, 0.25) is 0 Å². The third-order valence-corrected chi connectivity index (χ3v) is 3.39. The van der Waals surface area contributed by atoms with E-state index in [-0.39, 0.29) is 30.8 Å². The van der Waals surface area contributed by atoms with Crippen LogP contribution < -0.4 is 5.32 Å². The first kappa shape index (κ1) is 14.4. The summed E-state index contributed by atoms with van der Waals surface area (Å²) < 4.78 is 0. The summed E-state index contributed by atoms with van der Waals surface area (Å²) in [6.45, 7) is 3.49. The number of rotatable bonds is 4. The highest BCUT2D eigenvalue weighted by Crippen LogP contribution is 2.26. The predicted octanol–water partition coefficient (Wildman–Crippen LogP) is 1.15. The summed E-state index contributed by atoms with van der Waals surface area (Å²) in [5.41, 5.74) is 0. The average molecular weight is 252 g/mol. The number of likely N-dealkylation sites (tertiary alicyclic amines) is 1. The standard InChI is InChI=1S/C13H20N2O3/c1-3-6-14-13(18)15-7-4-5-11(9-15)10(2)8-12(16)17/h1,10-11H,4-9H2,2H3,(H,14,18)(H,16,17). The summed E-state index contributed by atoms with van der Waals surface area (Å²) in [6, 6.07) is -0.153. The Morgan fingerprint density at radius 1 is 1.61 bits per heavy atom. The number of hydrogen-bond acceptors (Lipinski definition) is 2. The quantitative estimate of drug-likeness (QED) is 0.737. The van der Waals surface area contributed by atoms with Crippen LogP contribution in [0.15, 0.2) is 0 Å². The zero-order valence-corrected chi connectivity index (χ0v) is 10.7. The fraction of sp³-hybridized carbons (Fsp3) is 0.692. The van der Waals surface area contributed by atoms with Crippen molar-refractivity contribution in [3.05, 3.63) is 0 Å². The Balaban J connectivity index is 2.47. The van der Waals surface area contributed by atoms with Gasteiger partial charge in [0.15, 0.2) is 0 Å². The molecule has 0 aromatic rings. The van der Waals surface area contributed by atoms with E-state index in [1.54, 1.807) is 4.90 Å². The van der Waals surface area contributed by atoms with Crippen molar-refractivity contribution < 1.29 is 14.7 Å². The normalized spacial score (nSPS) is 20.9. The summed E-state index contributed by atoms with van der Waals surface area (Å²) in [6.07, 6.45) is 7.14. The van der Waals surface area contributed by atoms with Gasteiger partial charge in [-0.2, -0.15) is 0 Å². The molecule has 0 aliphatic carbocycles. The van der Waals surface area contributed by atoms with Gasteiger partial charge in [-0.05, 0) is 24.7 Å². The van der Waals surface area contributed by atoms with Gasteiger partial charge in [-0.15, -0.1) is 6.42 Å². The molecule has 100 valence electrons. The van der Waals surface area contributed by atoms with E-state index in [4.69, 9.17) is 11.5 Å². The Morgan fingerprint density at radius 3 is 2.94 bits per heavy atom. The molecule has 0 bridgehead atoms. The van der Waals surface area contributed by atoms with Gasteiger partial charge in [-0.25, -0.2) is 4.79 Å². The molecule has 1 rings (SSSR count). The maximum Gasteiger partial charge on any atom is 0.318 e. The first-order valence-corrected chi connectivity index (χ1v) is 6.22. The molecule has 1 aliphatic heterocycles. The summed E-state index contributed by atoms with van der Waals surface area (Å²) in [5.74, 6) is 1.92. The molecule has 2 amide bonds. The molecule has 2 atom stereocenters. The highest BCUT2D eigenvalue weighted by Gasteiger charge is 2.28. The Bertz CT molecular complexity index is 349. The maximum absolute atomic E-state index is 11.8. The van der Waals surface area contributed by atoms with Crippen LogP contribution in [0.4, 0.5) is 4.79 Å². The molecular weight excluding hydrogens is 232 g/mol. The zero-order chi connectivity index (χ0) is 13.5. The number of amides is 2. The number of carboxylic acids is 1. The molecule has 1 saturated heterocycles. The lowest BCUT2D eigenvalue weighted by Crippen LogP contribution is -2.46. The van der Waals surface area contributed by atoms with Crippen molar-refractivity contribution in [2.24, 2.45) is 11.8 Å². The summed E-state index contributed by atoms with van der Waals surface area (Å²) in [7, 11) is 0. The second-order valence-corrected chi connectivity index (χ2v) is 4.79. The molecule has 0 aromatic heterocycles. The van der Waals surface area contributed by atoms with Crippen LogP contribution in [0.25, 0.3) is 0 Å². The summed E-state index contributed by atoms with van der Waals surface area (Å²) in [5, 5.41) is 11.4. The molecule has 1 aliphatic rings. The monoisotopic (exact) mass is 252 g/mol. The van der Waals surface area contributed by atoms with Crippen molar-refractivity contribution in [1.29, 1.82) is 0 Å². The van der Waals surface area contributed by atoms with Crippen LogP contribution in [0.5, 0.6) is 0 Å². The molecule has 2 unspecified atom stereocenters. The highest BCUT2D eigenvalue weighted by atomic mass is 16.4. The van der Waals surface area contributed by atoms with E-state index in [2.05, 4.69) is 11.2 Å². The molecule has 1 heterocycles. The van der Waals surface area contributed by atoms with Crippen molar-refractivity contribution in [1.82, 2.24) is 10.2 Å². The summed E-state index contributed by atoms with van der Waals surface area (Å²) >= 11 is 0. The Kier molecular flexibility index (Phi) is 5.50. The van der Waals surface area contributed by atoms with Crippen LogP contribution >= 0.6 is 0 Å². The number of terminal acetylenes is 1.